The largest absolute Gasteiger partial charge is 0.493 e. The summed E-state index contributed by atoms with van der Waals surface area (Å²) in [6.45, 7) is 1.40. The molecule has 1 aliphatic rings. The van der Waals surface area contributed by atoms with E-state index in [2.05, 4.69) is 12.1 Å². The van der Waals surface area contributed by atoms with Crippen LogP contribution in [0.3, 0.4) is 0 Å². The van der Waals surface area contributed by atoms with Crippen molar-refractivity contribution < 1.29 is 9.47 Å². The van der Waals surface area contributed by atoms with E-state index in [4.69, 9.17) is 15.2 Å². The van der Waals surface area contributed by atoms with Gasteiger partial charge in [-0.1, -0.05) is 12.1 Å². The lowest BCUT2D eigenvalue weighted by atomic mass is 10.1. The molecule has 0 saturated carbocycles. The highest BCUT2D eigenvalue weighted by Gasteiger charge is 2.19. The third kappa shape index (κ3) is 1.44. The molecule has 0 radical (unpaired) electrons. The third-order valence-corrected chi connectivity index (χ3v) is 2.51. The highest BCUT2D eigenvalue weighted by molar-refractivity contribution is 5.53. The van der Waals surface area contributed by atoms with Gasteiger partial charge in [0.1, 0.15) is 0 Å². The minimum absolute atomic E-state index is 0.634. The summed E-state index contributed by atoms with van der Waals surface area (Å²) < 4.78 is 10.9. The number of benzene rings is 1. The second-order valence-corrected chi connectivity index (χ2v) is 3.38. The number of ether oxygens (including phenoxy) is 2. The maximum atomic E-state index is 5.54. The highest BCUT2D eigenvalue weighted by atomic mass is 16.5. The van der Waals surface area contributed by atoms with Gasteiger partial charge in [-0.3, -0.25) is 0 Å². The molecule has 2 rings (SSSR count). The molecule has 3 nitrogen and oxygen atoms in total. The van der Waals surface area contributed by atoms with E-state index >= 15 is 0 Å². The van der Waals surface area contributed by atoms with Crippen molar-refractivity contribution in [2.24, 2.45) is 5.73 Å². The Hall–Kier alpha value is -1.22. The van der Waals surface area contributed by atoms with E-state index in [1.54, 1.807) is 7.11 Å². The molecule has 1 aromatic carbocycles. The van der Waals surface area contributed by atoms with Gasteiger partial charge in [0, 0.05) is 12.0 Å². The number of hydrogen-bond donors (Lipinski definition) is 1. The van der Waals surface area contributed by atoms with E-state index in [9.17, 15) is 0 Å². The minimum atomic E-state index is 0.634. The summed E-state index contributed by atoms with van der Waals surface area (Å²) in [4.78, 5) is 0. The van der Waals surface area contributed by atoms with Crippen LogP contribution < -0.4 is 15.2 Å². The molecule has 0 saturated heterocycles. The van der Waals surface area contributed by atoms with Crippen molar-refractivity contribution in [2.75, 3.05) is 20.3 Å². The van der Waals surface area contributed by atoms with E-state index in [0.717, 1.165) is 36.5 Å². The van der Waals surface area contributed by atoms with Crippen LogP contribution in [0.4, 0.5) is 0 Å². The molecule has 1 aliphatic heterocycles. The fourth-order valence-corrected chi connectivity index (χ4v) is 1.84. The molecular formula is C11H15NO2. The van der Waals surface area contributed by atoms with Crippen LogP contribution in [0.15, 0.2) is 12.1 Å². The van der Waals surface area contributed by atoms with Crippen molar-refractivity contribution >= 4 is 0 Å². The van der Waals surface area contributed by atoms with Crippen LogP contribution in [0.25, 0.3) is 0 Å². The van der Waals surface area contributed by atoms with Crippen LogP contribution in [0, 0.1) is 0 Å². The Balaban J connectivity index is 2.43. The van der Waals surface area contributed by atoms with Crippen LogP contribution >= 0.6 is 0 Å². The molecule has 1 heterocycles. The molecular weight excluding hydrogens is 178 g/mol. The molecule has 2 N–H and O–H groups in total. The zero-order chi connectivity index (χ0) is 9.97. The molecule has 3 heteroatoms. The van der Waals surface area contributed by atoms with Gasteiger partial charge >= 0.3 is 0 Å². The first-order valence-electron chi connectivity index (χ1n) is 4.88. The topological polar surface area (TPSA) is 44.5 Å². The van der Waals surface area contributed by atoms with E-state index in [1.165, 1.54) is 5.56 Å². The van der Waals surface area contributed by atoms with Gasteiger partial charge in [-0.05, 0) is 18.5 Å². The van der Waals surface area contributed by atoms with Gasteiger partial charge in [-0.2, -0.15) is 0 Å². The highest BCUT2D eigenvalue weighted by Crippen LogP contribution is 2.38. The first kappa shape index (κ1) is 9.34. The van der Waals surface area contributed by atoms with Gasteiger partial charge in [0.15, 0.2) is 11.5 Å². The molecule has 0 aliphatic carbocycles. The summed E-state index contributed by atoms with van der Waals surface area (Å²) in [7, 11) is 1.68. The first-order valence-corrected chi connectivity index (χ1v) is 4.88. The van der Waals surface area contributed by atoms with Crippen LogP contribution in [0.1, 0.15) is 11.1 Å². The van der Waals surface area contributed by atoms with Gasteiger partial charge in [0.05, 0.1) is 13.7 Å². The maximum absolute atomic E-state index is 5.54. The lowest BCUT2D eigenvalue weighted by molar-refractivity contribution is 0.324. The number of methoxy groups -OCH3 is 1. The summed E-state index contributed by atoms with van der Waals surface area (Å²) in [5.41, 5.74) is 7.91. The van der Waals surface area contributed by atoms with Crippen molar-refractivity contribution in [3.8, 4) is 11.5 Å². The zero-order valence-corrected chi connectivity index (χ0v) is 8.38. The molecule has 0 atom stereocenters. The summed E-state index contributed by atoms with van der Waals surface area (Å²) in [5.74, 6) is 1.78. The number of hydrogen-bond acceptors (Lipinski definition) is 3. The Morgan fingerprint density at radius 1 is 1.50 bits per heavy atom. The van der Waals surface area contributed by atoms with Crippen LogP contribution in [-0.2, 0) is 12.8 Å². The first-order chi connectivity index (χ1) is 6.86. The Morgan fingerprint density at radius 3 is 3.07 bits per heavy atom. The Morgan fingerprint density at radius 2 is 2.36 bits per heavy atom. The summed E-state index contributed by atoms with van der Waals surface area (Å²) in [6.07, 6.45) is 1.81. The summed E-state index contributed by atoms with van der Waals surface area (Å²) in [5, 5.41) is 0. The van der Waals surface area contributed by atoms with Crippen molar-refractivity contribution in [1.82, 2.24) is 0 Å². The van der Waals surface area contributed by atoms with Gasteiger partial charge in [-0.15, -0.1) is 0 Å². The van der Waals surface area contributed by atoms with Gasteiger partial charge in [0.2, 0.25) is 0 Å². The average Bonchev–Trinajstić information content (AvgIpc) is 2.66. The van der Waals surface area contributed by atoms with E-state index in [-0.39, 0.29) is 0 Å². The van der Waals surface area contributed by atoms with Crippen molar-refractivity contribution in [2.45, 2.75) is 12.8 Å². The molecule has 14 heavy (non-hydrogen) atoms. The molecule has 0 bridgehead atoms. The van der Waals surface area contributed by atoms with Crippen molar-refractivity contribution in [1.29, 1.82) is 0 Å². The molecule has 0 amide bonds. The van der Waals surface area contributed by atoms with E-state index in [1.807, 2.05) is 0 Å². The standard InChI is InChI=1S/C11H15NO2/c1-13-10-8(4-6-12)2-3-9-5-7-14-11(9)10/h2-3H,4-7,12H2,1H3. The van der Waals surface area contributed by atoms with Crippen molar-refractivity contribution in [3.05, 3.63) is 23.3 Å². The molecule has 0 fully saturated rings. The van der Waals surface area contributed by atoms with Crippen LogP contribution in [-0.4, -0.2) is 20.3 Å². The smallest absolute Gasteiger partial charge is 0.164 e. The lowest BCUT2D eigenvalue weighted by Crippen LogP contribution is -2.04. The van der Waals surface area contributed by atoms with Crippen LogP contribution in [0.5, 0.6) is 11.5 Å². The second kappa shape index (κ2) is 3.88. The van der Waals surface area contributed by atoms with Gasteiger partial charge in [-0.25, -0.2) is 0 Å². The Bertz CT molecular complexity index is 336. The van der Waals surface area contributed by atoms with E-state index in [0.29, 0.717) is 6.54 Å². The van der Waals surface area contributed by atoms with E-state index < -0.39 is 0 Å². The number of nitrogens with two attached hydrogens (primary N) is 1. The average molecular weight is 193 g/mol. The quantitative estimate of drug-likeness (QED) is 0.782. The SMILES string of the molecule is COc1c(CCN)ccc2c1OCC2. The third-order valence-electron chi connectivity index (χ3n) is 2.51. The van der Waals surface area contributed by atoms with Gasteiger partial charge < -0.3 is 15.2 Å². The second-order valence-electron chi connectivity index (χ2n) is 3.38. The summed E-state index contributed by atoms with van der Waals surface area (Å²) in [6, 6.07) is 4.19. The molecule has 1 aromatic rings. The normalized spacial score (nSPS) is 13.6. The molecule has 0 aromatic heterocycles. The fraction of sp³-hybridized carbons (Fsp3) is 0.455. The number of fused-ring (bicyclic) bond motifs is 1. The molecule has 0 spiro atoms. The monoisotopic (exact) mass is 193 g/mol. The Kier molecular flexibility index (Phi) is 2.59. The lowest BCUT2D eigenvalue weighted by Gasteiger charge is -2.11. The molecule has 76 valence electrons. The summed E-state index contributed by atoms with van der Waals surface area (Å²) >= 11 is 0. The number of rotatable bonds is 3. The predicted octanol–water partition coefficient (Wildman–Crippen LogP) is 1.13. The van der Waals surface area contributed by atoms with Crippen LogP contribution in [0.2, 0.25) is 0 Å². The maximum Gasteiger partial charge on any atom is 0.164 e. The van der Waals surface area contributed by atoms with Crippen molar-refractivity contribution in [3.63, 3.8) is 0 Å². The predicted molar refractivity (Wildman–Crippen MR) is 55.0 cm³/mol. The molecule has 0 unspecified atom stereocenters. The van der Waals surface area contributed by atoms with Gasteiger partial charge in [0.25, 0.3) is 0 Å². The minimum Gasteiger partial charge on any atom is -0.493 e. The zero-order valence-electron chi connectivity index (χ0n) is 8.38. The Labute approximate surface area is 83.8 Å². The fourth-order valence-electron chi connectivity index (χ4n) is 1.84.